The zero-order valence-electron chi connectivity index (χ0n) is 54.0. The van der Waals surface area contributed by atoms with Crippen LogP contribution in [-0.2, 0) is 22.7 Å². The average Bonchev–Trinajstić information content (AvgIpc) is 1.65. The molecule has 0 radical (unpaired) electrons. The molecule has 0 unspecified atom stereocenters. The highest BCUT2D eigenvalue weighted by Crippen LogP contribution is 2.40. The van der Waals surface area contributed by atoms with Gasteiger partial charge in [0.1, 0.15) is 57.0 Å². The summed E-state index contributed by atoms with van der Waals surface area (Å²) in [6.45, 7) is 1.88. The smallest absolute Gasteiger partial charge is 0.341 e. The van der Waals surface area contributed by atoms with Gasteiger partial charge in [0, 0.05) is 96.8 Å². The van der Waals surface area contributed by atoms with Crippen molar-refractivity contribution in [1.82, 2.24) is 34.9 Å². The molecule has 6 aromatic carbocycles. The minimum absolute atomic E-state index is 0. The second kappa shape index (κ2) is 33.7. The summed E-state index contributed by atoms with van der Waals surface area (Å²) in [5.41, 5.74) is 19.0. The summed E-state index contributed by atoms with van der Waals surface area (Å²) < 4.78 is 132. The third kappa shape index (κ3) is 15.8. The second-order valence-electron chi connectivity index (χ2n) is 22.2. The number of nitrogens with zero attached hydrogens (tertiary/aromatic N) is 10. The Hall–Kier alpha value is -12.9. The molecule has 544 valence electrons. The van der Waals surface area contributed by atoms with Gasteiger partial charge in [-0.15, -0.1) is 0 Å². The van der Waals surface area contributed by atoms with E-state index in [-0.39, 0.29) is 112 Å². The highest BCUT2D eigenvalue weighted by Gasteiger charge is 2.35. The largest absolute Gasteiger partial charge is 0.496 e. The van der Waals surface area contributed by atoms with Gasteiger partial charge < -0.3 is 64.0 Å². The highest BCUT2D eigenvalue weighted by atomic mass is 32.1. The van der Waals surface area contributed by atoms with Crippen molar-refractivity contribution in [3.8, 4) is 34.1 Å². The van der Waals surface area contributed by atoms with E-state index in [1.165, 1.54) is 48.5 Å². The van der Waals surface area contributed by atoms with E-state index in [9.17, 15) is 73.5 Å². The maximum absolute atomic E-state index is 14.4. The molecule has 36 heteroatoms. The van der Waals surface area contributed by atoms with Crippen LogP contribution in [0.5, 0.6) is 11.5 Å². The van der Waals surface area contributed by atoms with Gasteiger partial charge in [-0.2, -0.15) is 13.5 Å². The van der Waals surface area contributed by atoms with Crippen LogP contribution in [0.25, 0.3) is 65.3 Å². The van der Waals surface area contributed by atoms with E-state index in [1.807, 2.05) is 35.2 Å². The normalized spacial score (nSPS) is 12.4. The third-order valence-corrected chi connectivity index (χ3v) is 16.4. The fourth-order valence-corrected chi connectivity index (χ4v) is 11.2. The predicted molar refractivity (Wildman–Crippen MR) is 365 cm³/mol. The number of ether oxygens (including phenoxy) is 2. The number of carboxylic acids is 1. The molecule has 0 bridgehead atoms. The molecule has 0 aliphatic carbocycles. The van der Waals surface area contributed by atoms with Crippen molar-refractivity contribution in [2.75, 3.05) is 66.6 Å². The number of furan rings is 2. The number of halogens is 8. The summed E-state index contributed by atoms with van der Waals surface area (Å²) in [5, 5.41) is 16.2. The van der Waals surface area contributed by atoms with Gasteiger partial charge >= 0.3 is 5.97 Å². The van der Waals surface area contributed by atoms with Gasteiger partial charge in [-0.25, -0.2) is 39.9 Å². The lowest BCUT2D eigenvalue weighted by molar-refractivity contribution is -0.128. The summed E-state index contributed by atoms with van der Waals surface area (Å²) >= 11 is 0. The number of H-pyrrole nitrogens is 2. The quantitative estimate of drug-likeness (QED) is 0.0108. The van der Waals surface area contributed by atoms with E-state index in [0.717, 1.165) is 5.56 Å². The molecule has 0 atom stereocenters. The number of ketones is 2. The molecule has 6 N–H and O–H groups in total. The number of aromatic nitrogens is 2. The molecule has 10 aromatic rings. The van der Waals surface area contributed by atoms with Gasteiger partial charge in [0.15, 0.2) is 46.5 Å². The average molecular weight is 1480 g/mol. The first-order valence-electron chi connectivity index (χ1n) is 30.4. The van der Waals surface area contributed by atoms with Crippen LogP contribution in [0.15, 0.2) is 141 Å². The Bertz CT molecular complexity index is 5050. The molecular weight excluding hydrogens is 1420 g/mol. The van der Waals surface area contributed by atoms with Gasteiger partial charge in [-0.1, -0.05) is 54.1 Å². The highest BCUT2D eigenvalue weighted by molar-refractivity contribution is 7.59. The zero-order valence-corrected chi connectivity index (χ0v) is 55.0. The van der Waals surface area contributed by atoms with Crippen LogP contribution in [0.3, 0.4) is 0 Å². The molecule has 2 aliphatic rings. The number of methoxy groups -OCH3 is 2. The number of fused-ring (bicyclic) bond motifs is 2. The number of piperazine rings is 2. The number of benzene rings is 6. The number of amides is 5. The molecule has 2 saturated heterocycles. The van der Waals surface area contributed by atoms with Crippen LogP contribution >= 0.6 is 13.5 Å². The van der Waals surface area contributed by atoms with Crippen molar-refractivity contribution >= 4 is 93.7 Å². The number of hydrogen-bond acceptors (Lipinski definition) is 15. The van der Waals surface area contributed by atoms with Crippen LogP contribution < -0.4 is 20.5 Å². The number of azide groups is 2. The standard InChI is InChI=1S/C34H25F4N7O6.C27H26N4O5.C7HF4N3O2.CH4.H2S/c1-50-22-10-8-19(21-9-7-18(51-21)15-41-32(47)24-25(35)27(37)30(42-43-39)28(38)26(24)36)29-23(22)20(16-40-29)31(46)34(49)45-13-11-44(12-14-45)33(48)17-5-3-2-4-6-17;1-35-22-10-8-19(21-9-7-18(15-28)36-21)24-23(22)20(16-29-24)25(32)27(34)31-13-11-30(12-14-31)26(33)17-5-3-2-4-6-17;8-2-1(7(15)16)3(9)5(11)6(4(2)10)13-14-12;;/h2-10,16,40H,11-15H2,1H3,(H,41,47);2-10,16,29H,11-15,28H2,1H3;(H,15,16);1H4;1H2. The first-order chi connectivity index (χ1) is 49.5. The lowest BCUT2D eigenvalue weighted by Crippen LogP contribution is -2.52. The number of carbonyl (C=O) groups excluding carboxylic acids is 7. The minimum atomic E-state index is -2.18. The van der Waals surface area contributed by atoms with Crippen molar-refractivity contribution in [3.63, 3.8) is 0 Å². The monoisotopic (exact) mass is 1470 g/mol. The van der Waals surface area contributed by atoms with E-state index in [2.05, 4.69) is 30.4 Å². The Morgan fingerprint density at radius 3 is 1.24 bits per heavy atom. The SMILES string of the molecule is C.COc1ccc(-c2ccc(CN)o2)c2[nH]cc(C(=O)C(=O)N3CCN(C(=O)c4ccccc4)CC3)c12.COc1ccc(-c2ccc(CNC(=O)c3c(F)c(F)c(N=[N+]=[N-])c(F)c3F)o2)c2[nH]cc(C(=O)C(=O)N3CCN(C(=O)c4ccccc4)CC3)c12.S.[N-]=[N+]=Nc1c(F)c(F)c(C(=O)O)c(F)c1F. The first-order valence-corrected chi connectivity index (χ1v) is 30.4. The van der Waals surface area contributed by atoms with Crippen molar-refractivity contribution in [3.05, 3.63) is 234 Å². The van der Waals surface area contributed by atoms with Crippen LogP contribution in [-0.4, -0.2) is 148 Å². The van der Waals surface area contributed by atoms with Crippen molar-refractivity contribution in [2.24, 2.45) is 16.0 Å². The number of carbonyl (C=O) groups is 8. The van der Waals surface area contributed by atoms with Gasteiger partial charge in [0.05, 0.1) is 60.2 Å². The Morgan fingerprint density at radius 1 is 0.524 bits per heavy atom. The van der Waals surface area contributed by atoms with Crippen LogP contribution in [0.1, 0.15) is 81.1 Å². The van der Waals surface area contributed by atoms with E-state index < -0.39 is 111 Å². The molecule has 12 rings (SSSR count). The number of aromatic amines is 2. The van der Waals surface area contributed by atoms with Crippen molar-refractivity contribution in [2.45, 2.75) is 20.5 Å². The second-order valence-corrected chi connectivity index (χ2v) is 22.2. The molecule has 2 aliphatic heterocycles. The fourth-order valence-electron chi connectivity index (χ4n) is 11.2. The zero-order chi connectivity index (χ0) is 74.1. The Labute approximate surface area is 594 Å². The molecular formula is C69H58F8N14O13S. The maximum Gasteiger partial charge on any atom is 0.341 e. The Morgan fingerprint density at radius 2 is 0.886 bits per heavy atom. The Kier molecular flexibility index (Phi) is 25.0. The molecule has 0 spiro atoms. The lowest BCUT2D eigenvalue weighted by Gasteiger charge is -2.34. The van der Waals surface area contributed by atoms with Crippen molar-refractivity contribution in [1.29, 1.82) is 0 Å². The summed E-state index contributed by atoms with van der Waals surface area (Å²) in [7, 11) is 2.90. The van der Waals surface area contributed by atoms with E-state index in [0.29, 0.717) is 63.5 Å². The van der Waals surface area contributed by atoms with E-state index in [4.69, 9.17) is 40.2 Å². The molecule has 105 heavy (non-hydrogen) atoms. The summed E-state index contributed by atoms with van der Waals surface area (Å²) in [6, 6.07) is 31.0. The number of hydrogen-bond donors (Lipinski definition) is 5. The maximum atomic E-state index is 14.4. The molecule has 27 nitrogen and oxygen atoms in total. The van der Waals surface area contributed by atoms with Crippen LogP contribution in [0.4, 0.5) is 46.5 Å². The first kappa shape index (κ1) is 77.8. The minimum Gasteiger partial charge on any atom is -0.496 e. The molecule has 0 saturated carbocycles. The Balaban J connectivity index is 0.000000224. The molecule has 5 amide bonds. The molecule has 2 fully saturated rings. The number of nitrogens with one attached hydrogen (secondary N) is 3. The number of Topliss-reactive ketones (excluding diaryl/α,β-unsaturated/α-hetero) is 2. The van der Waals surface area contributed by atoms with Gasteiger partial charge in [-0.05, 0) is 83.9 Å². The lowest BCUT2D eigenvalue weighted by atomic mass is 10.0. The van der Waals surface area contributed by atoms with E-state index >= 15 is 0 Å². The number of carboxylic acid groups (broad SMARTS) is 1. The predicted octanol–water partition coefficient (Wildman–Crippen LogP) is 12.7. The summed E-state index contributed by atoms with van der Waals surface area (Å²) in [6.07, 6.45) is 2.89. The van der Waals surface area contributed by atoms with Gasteiger partial charge in [0.2, 0.25) is 0 Å². The number of aromatic carboxylic acids is 1. The summed E-state index contributed by atoms with van der Waals surface area (Å²) in [4.78, 5) is 118. The molecule has 4 aromatic heterocycles. The van der Waals surface area contributed by atoms with Crippen LogP contribution in [0.2, 0.25) is 0 Å². The van der Waals surface area contributed by atoms with Crippen LogP contribution in [0, 0.1) is 46.5 Å². The molecule has 6 heterocycles. The van der Waals surface area contributed by atoms with Crippen molar-refractivity contribution < 1.29 is 96.9 Å². The third-order valence-electron chi connectivity index (χ3n) is 16.4. The number of nitrogens with two attached hydrogens (primary N) is 1. The van der Waals surface area contributed by atoms with Gasteiger partial charge in [-0.3, -0.25) is 33.6 Å². The van der Waals surface area contributed by atoms with E-state index in [1.54, 1.807) is 76.5 Å². The number of rotatable bonds is 17. The van der Waals surface area contributed by atoms with Gasteiger partial charge in [0.25, 0.3) is 41.1 Å². The fraction of sp³-hybridized carbons (Fsp3) is 0.188. The summed E-state index contributed by atoms with van der Waals surface area (Å²) in [5.74, 6) is -21.1. The topological polar surface area (TPSA) is 382 Å².